The maximum absolute atomic E-state index is 13.7. The van der Waals surface area contributed by atoms with Crippen LogP contribution in [-0.4, -0.2) is 13.5 Å². The summed E-state index contributed by atoms with van der Waals surface area (Å²) in [6.07, 6.45) is 0. The Hall–Kier alpha value is -1.03. The molecular formula is C12H10BrF2NO3S2. The van der Waals surface area contributed by atoms with Gasteiger partial charge in [0, 0.05) is 4.47 Å². The zero-order valence-corrected chi connectivity index (χ0v) is 13.9. The highest BCUT2D eigenvalue weighted by atomic mass is 79.9. The van der Waals surface area contributed by atoms with Gasteiger partial charge in [-0.1, -0.05) is 15.9 Å². The number of nitrogens with one attached hydrogen (secondary N) is 1. The molecule has 0 aliphatic heterocycles. The van der Waals surface area contributed by atoms with E-state index in [1.54, 1.807) is 12.3 Å². The van der Waals surface area contributed by atoms with Crippen molar-refractivity contribution < 1.29 is 22.3 Å². The molecule has 1 aromatic carbocycles. The normalized spacial score (nSPS) is 11.7. The van der Waals surface area contributed by atoms with Crippen LogP contribution in [0.2, 0.25) is 0 Å². The van der Waals surface area contributed by atoms with E-state index in [0.717, 1.165) is 23.5 Å². The van der Waals surface area contributed by atoms with Crippen LogP contribution in [0.25, 0.3) is 0 Å². The minimum absolute atomic E-state index is 0.156. The molecule has 2 aromatic rings. The first kappa shape index (κ1) is 16.3. The Morgan fingerprint density at radius 2 is 1.90 bits per heavy atom. The summed E-state index contributed by atoms with van der Waals surface area (Å²) in [5.41, 5.74) is -0.359. The third-order valence-electron chi connectivity index (χ3n) is 2.65. The van der Waals surface area contributed by atoms with Gasteiger partial charge in [-0.15, -0.1) is 11.3 Å². The second-order valence-electron chi connectivity index (χ2n) is 4.18. The van der Waals surface area contributed by atoms with E-state index in [1.165, 1.54) is 0 Å². The summed E-state index contributed by atoms with van der Waals surface area (Å²) in [5.74, 6) is -2.08. The van der Waals surface area contributed by atoms with Crippen molar-refractivity contribution in [3.05, 3.63) is 44.1 Å². The molecule has 2 rings (SSSR count). The SMILES string of the molecule is Cc1csc(CO)c1S(=O)(=O)Nc1c(F)cc(Br)cc1F. The fourth-order valence-electron chi connectivity index (χ4n) is 1.78. The number of aliphatic hydroxyl groups is 1. The van der Waals surface area contributed by atoms with Gasteiger partial charge in [0.15, 0.2) is 11.6 Å². The van der Waals surface area contributed by atoms with Crippen molar-refractivity contribution >= 4 is 43.0 Å². The largest absolute Gasteiger partial charge is 0.391 e. The third-order valence-corrected chi connectivity index (χ3v) is 5.90. The van der Waals surface area contributed by atoms with E-state index in [0.29, 0.717) is 5.56 Å². The molecule has 1 heterocycles. The number of halogens is 3. The Morgan fingerprint density at radius 3 is 2.43 bits per heavy atom. The highest BCUT2D eigenvalue weighted by Crippen LogP contribution is 2.31. The molecule has 0 spiro atoms. The third kappa shape index (κ3) is 3.25. The van der Waals surface area contributed by atoms with Crippen LogP contribution in [0.3, 0.4) is 0 Å². The highest BCUT2D eigenvalue weighted by Gasteiger charge is 2.25. The van der Waals surface area contributed by atoms with Crippen molar-refractivity contribution in [1.29, 1.82) is 0 Å². The van der Waals surface area contributed by atoms with Crippen LogP contribution < -0.4 is 4.72 Å². The number of sulfonamides is 1. The summed E-state index contributed by atoms with van der Waals surface area (Å²) in [6.45, 7) is 1.07. The smallest absolute Gasteiger partial charge is 0.263 e. The van der Waals surface area contributed by atoms with Crippen molar-refractivity contribution in [2.45, 2.75) is 18.4 Å². The van der Waals surface area contributed by atoms with E-state index in [-0.39, 0.29) is 14.2 Å². The molecule has 21 heavy (non-hydrogen) atoms. The van der Waals surface area contributed by atoms with Crippen molar-refractivity contribution in [2.75, 3.05) is 4.72 Å². The lowest BCUT2D eigenvalue weighted by molar-refractivity contribution is 0.282. The second kappa shape index (κ2) is 5.99. The van der Waals surface area contributed by atoms with Crippen LogP contribution in [-0.2, 0) is 16.6 Å². The Balaban J connectivity index is 2.50. The average molecular weight is 398 g/mol. The zero-order valence-electron chi connectivity index (χ0n) is 10.7. The molecule has 1 aromatic heterocycles. The topological polar surface area (TPSA) is 66.4 Å². The predicted molar refractivity (Wildman–Crippen MR) is 79.8 cm³/mol. The maximum atomic E-state index is 13.7. The van der Waals surface area contributed by atoms with Crippen LogP contribution in [0, 0.1) is 18.6 Å². The molecule has 0 fully saturated rings. The van der Waals surface area contributed by atoms with Crippen molar-refractivity contribution in [2.24, 2.45) is 0 Å². The van der Waals surface area contributed by atoms with E-state index in [9.17, 15) is 22.3 Å². The van der Waals surface area contributed by atoms with E-state index < -0.39 is 34.0 Å². The molecule has 0 aliphatic carbocycles. The van der Waals surface area contributed by atoms with Gasteiger partial charge in [-0.3, -0.25) is 4.72 Å². The van der Waals surface area contributed by atoms with E-state index >= 15 is 0 Å². The number of thiophene rings is 1. The van der Waals surface area contributed by atoms with Gasteiger partial charge >= 0.3 is 0 Å². The zero-order chi connectivity index (χ0) is 15.8. The van der Waals surface area contributed by atoms with Crippen LogP contribution in [0.5, 0.6) is 0 Å². The van der Waals surface area contributed by atoms with Gasteiger partial charge in [-0.2, -0.15) is 0 Å². The molecule has 0 aliphatic rings. The van der Waals surface area contributed by atoms with Crippen molar-refractivity contribution in [3.8, 4) is 0 Å². The first-order valence-corrected chi connectivity index (χ1v) is 8.77. The number of hydrogen-bond acceptors (Lipinski definition) is 4. The second-order valence-corrected chi connectivity index (χ2v) is 7.68. The van der Waals surface area contributed by atoms with Crippen LogP contribution in [0.1, 0.15) is 10.4 Å². The lowest BCUT2D eigenvalue weighted by Crippen LogP contribution is -2.17. The molecule has 0 atom stereocenters. The van der Waals surface area contributed by atoms with E-state index in [2.05, 4.69) is 15.9 Å². The maximum Gasteiger partial charge on any atom is 0.263 e. The van der Waals surface area contributed by atoms with E-state index in [4.69, 9.17) is 0 Å². The summed E-state index contributed by atoms with van der Waals surface area (Å²) >= 11 is 3.97. The summed E-state index contributed by atoms with van der Waals surface area (Å²) in [5, 5.41) is 10.7. The molecule has 114 valence electrons. The van der Waals surface area contributed by atoms with Gasteiger partial charge in [0.1, 0.15) is 10.6 Å². The lowest BCUT2D eigenvalue weighted by Gasteiger charge is -2.11. The van der Waals surface area contributed by atoms with Gasteiger partial charge in [0.05, 0.1) is 11.5 Å². The number of hydrogen-bond donors (Lipinski definition) is 2. The molecule has 0 radical (unpaired) electrons. The summed E-state index contributed by atoms with van der Waals surface area (Å²) < 4.78 is 54.1. The van der Waals surface area contributed by atoms with Gasteiger partial charge in [0.25, 0.3) is 10.0 Å². The Bertz CT molecular complexity index is 767. The standard InChI is InChI=1S/C12H10BrF2NO3S2/c1-6-5-20-10(4-17)12(6)21(18,19)16-11-8(14)2-7(13)3-9(11)15/h2-3,5,16-17H,4H2,1H3. The molecule has 0 amide bonds. The van der Waals surface area contributed by atoms with E-state index in [1.807, 2.05) is 4.72 Å². The van der Waals surface area contributed by atoms with Crippen molar-refractivity contribution in [1.82, 2.24) is 0 Å². The quantitative estimate of drug-likeness (QED) is 0.830. The summed E-state index contributed by atoms with van der Waals surface area (Å²) in [7, 11) is -4.20. The minimum atomic E-state index is -4.20. The number of aliphatic hydroxyl groups excluding tert-OH is 1. The Labute approximate surface area is 132 Å². The molecule has 0 saturated carbocycles. The first-order chi connectivity index (χ1) is 9.76. The molecule has 0 unspecified atom stereocenters. The van der Waals surface area contributed by atoms with Crippen LogP contribution in [0.15, 0.2) is 26.9 Å². The summed E-state index contributed by atoms with van der Waals surface area (Å²) in [4.78, 5) is 0.0506. The number of rotatable bonds is 4. The fraction of sp³-hybridized carbons (Fsp3) is 0.167. The number of benzene rings is 1. The molecule has 9 heteroatoms. The monoisotopic (exact) mass is 397 g/mol. The lowest BCUT2D eigenvalue weighted by atomic mass is 10.3. The molecule has 0 bridgehead atoms. The fourth-order valence-corrected chi connectivity index (χ4v) is 4.92. The van der Waals surface area contributed by atoms with Gasteiger partial charge in [0.2, 0.25) is 0 Å². The van der Waals surface area contributed by atoms with Gasteiger partial charge < -0.3 is 5.11 Å². The average Bonchev–Trinajstić information content (AvgIpc) is 2.76. The van der Waals surface area contributed by atoms with Crippen LogP contribution in [0.4, 0.5) is 14.5 Å². The molecule has 2 N–H and O–H groups in total. The number of anilines is 1. The van der Waals surface area contributed by atoms with Crippen LogP contribution >= 0.6 is 27.3 Å². The Kier molecular flexibility index (Phi) is 4.66. The predicted octanol–water partition coefficient (Wildman–Crippen LogP) is 3.39. The van der Waals surface area contributed by atoms with Crippen molar-refractivity contribution in [3.63, 3.8) is 0 Å². The summed E-state index contributed by atoms with van der Waals surface area (Å²) in [6, 6.07) is 1.91. The Morgan fingerprint density at radius 1 is 1.33 bits per heavy atom. The molecular weight excluding hydrogens is 388 g/mol. The molecule has 4 nitrogen and oxygen atoms in total. The minimum Gasteiger partial charge on any atom is -0.391 e. The van der Waals surface area contributed by atoms with Gasteiger partial charge in [-0.05, 0) is 30.0 Å². The molecule has 0 saturated heterocycles. The highest BCUT2D eigenvalue weighted by molar-refractivity contribution is 9.10. The number of aryl methyl sites for hydroxylation is 1. The first-order valence-electron chi connectivity index (χ1n) is 5.61. The van der Waals surface area contributed by atoms with Gasteiger partial charge in [-0.25, -0.2) is 17.2 Å².